The fourth-order valence-electron chi connectivity index (χ4n) is 4.78. The Balaban J connectivity index is 1.45. The highest BCUT2D eigenvalue weighted by Gasteiger charge is 2.23. The summed E-state index contributed by atoms with van der Waals surface area (Å²) >= 11 is 0. The number of amides is 1. The standard InChI is InChI=1S/C33H38N4O2Si/c1-36(2)22-25-12-10-24(11-13-25)15-17-31-28-16-14-26(20-29-27-8-6-7-9-30(27)34-33(29)38)21-32(28)37(35-31)23-39-18-19-40(3,4)5/h6-17,20-21H,18-19,22-23H2,1-5H3,(H,34,38)/b17-15?,29-20+. The summed E-state index contributed by atoms with van der Waals surface area (Å²) in [6.07, 6.45) is 6.13. The average molecular weight is 551 g/mol. The van der Waals surface area contributed by atoms with Crippen molar-refractivity contribution >= 4 is 54.4 Å². The van der Waals surface area contributed by atoms with Crippen LogP contribution < -0.4 is 5.32 Å². The van der Waals surface area contributed by atoms with E-state index in [0.29, 0.717) is 12.3 Å². The molecule has 4 aromatic rings. The molecule has 1 amide bonds. The number of hydrogen-bond acceptors (Lipinski definition) is 4. The molecule has 5 rings (SSSR count). The van der Waals surface area contributed by atoms with E-state index >= 15 is 0 Å². The Labute approximate surface area is 238 Å². The van der Waals surface area contributed by atoms with Gasteiger partial charge in [-0.05, 0) is 67.2 Å². The van der Waals surface area contributed by atoms with E-state index in [9.17, 15) is 4.79 Å². The summed E-state index contributed by atoms with van der Waals surface area (Å²) in [6.45, 7) is 9.09. The van der Waals surface area contributed by atoms with Crippen LogP contribution in [0.4, 0.5) is 5.69 Å². The SMILES string of the molecule is CN(C)Cc1ccc(C=Cc2nn(COCC[Si](C)(C)C)c3cc(/C=C4/C(=O)Nc5ccccc54)ccc23)cc1. The van der Waals surface area contributed by atoms with Crippen molar-refractivity contribution in [3.8, 4) is 0 Å². The minimum absolute atomic E-state index is 0.0790. The number of hydrogen-bond donors (Lipinski definition) is 1. The van der Waals surface area contributed by atoms with E-state index in [1.165, 1.54) is 5.56 Å². The monoisotopic (exact) mass is 550 g/mol. The number of carbonyl (C=O) groups is 1. The van der Waals surface area contributed by atoms with Gasteiger partial charge in [-0.1, -0.05) is 74.2 Å². The molecule has 1 aliphatic heterocycles. The maximum absolute atomic E-state index is 12.7. The molecule has 6 nitrogen and oxygen atoms in total. The molecule has 1 aliphatic rings. The van der Waals surface area contributed by atoms with Crippen LogP contribution in [0.25, 0.3) is 34.7 Å². The van der Waals surface area contributed by atoms with Crippen LogP contribution >= 0.6 is 0 Å². The molecule has 0 spiro atoms. The highest BCUT2D eigenvalue weighted by molar-refractivity contribution is 6.76. The topological polar surface area (TPSA) is 59.4 Å². The summed E-state index contributed by atoms with van der Waals surface area (Å²) in [5.41, 5.74) is 7.68. The maximum Gasteiger partial charge on any atom is 0.256 e. The highest BCUT2D eigenvalue weighted by Crippen LogP contribution is 2.33. The minimum atomic E-state index is -1.19. The number of fused-ring (bicyclic) bond motifs is 2. The lowest BCUT2D eigenvalue weighted by atomic mass is 10.0. The number of benzene rings is 3. The predicted octanol–water partition coefficient (Wildman–Crippen LogP) is 7.07. The minimum Gasteiger partial charge on any atom is -0.360 e. The number of ether oxygens (including phenoxy) is 1. The Kier molecular flexibility index (Phi) is 8.16. The summed E-state index contributed by atoms with van der Waals surface area (Å²) in [6, 6.07) is 23.8. The summed E-state index contributed by atoms with van der Waals surface area (Å²) in [5.74, 6) is -0.0790. The predicted molar refractivity (Wildman–Crippen MR) is 170 cm³/mol. The Morgan fingerprint density at radius 2 is 1.73 bits per heavy atom. The van der Waals surface area contributed by atoms with Crippen LogP contribution in [0, 0.1) is 0 Å². The lowest BCUT2D eigenvalue weighted by Crippen LogP contribution is -2.22. The first-order valence-electron chi connectivity index (χ1n) is 13.8. The second-order valence-electron chi connectivity index (χ2n) is 11.9. The Morgan fingerprint density at radius 3 is 2.48 bits per heavy atom. The highest BCUT2D eigenvalue weighted by atomic mass is 28.3. The average Bonchev–Trinajstić information content (AvgIpc) is 3.41. The van der Waals surface area contributed by atoms with Crippen molar-refractivity contribution in [1.29, 1.82) is 0 Å². The summed E-state index contributed by atoms with van der Waals surface area (Å²) in [7, 11) is 2.97. The van der Waals surface area contributed by atoms with Gasteiger partial charge < -0.3 is 15.0 Å². The van der Waals surface area contributed by atoms with Crippen molar-refractivity contribution in [2.75, 3.05) is 26.0 Å². The Bertz CT molecular complexity index is 1580. The number of nitrogens with zero attached hydrogens (tertiary/aromatic N) is 3. The summed E-state index contributed by atoms with van der Waals surface area (Å²) in [4.78, 5) is 14.9. The van der Waals surface area contributed by atoms with Gasteiger partial charge in [-0.15, -0.1) is 0 Å². The molecule has 0 radical (unpaired) electrons. The molecule has 40 heavy (non-hydrogen) atoms. The fourth-order valence-corrected chi connectivity index (χ4v) is 5.54. The van der Waals surface area contributed by atoms with Gasteiger partial charge in [-0.3, -0.25) is 4.79 Å². The molecule has 0 atom stereocenters. The van der Waals surface area contributed by atoms with Crippen LogP contribution in [0.5, 0.6) is 0 Å². The van der Waals surface area contributed by atoms with Gasteiger partial charge >= 0.3 is 0 Å². The van der Waals surface area contributed by atoms with Crippen molar-refractivity contribution in [2.45, 2.75) is 39.0 Å². The largest absolute Gasteiger partial charge is 0.360 e. The molecule has 0 aliphatic carbocycles. The zero-order chi connectivity index (χ0) is 28.3. The number of nitrogens with one attached hydrogen (secondary N) is 1. The van der Waals surface area contributed by atoms with E-state index in [1.807, 2.05) is 35.0 Å². The van der Waals surface area contributed by atoms with Crippen molar-refractivity contribution in [3.63, 3.8) is 0 Å². The third kappa shape index (κ3) is 6.67. The third-order valence-electron chi connectivity index (χ3n) is 6.95. The van der Waals surface area contributed by atoms with Crippen molar-refractivity contribution < 1.29 is 9.53 Å². The van der Waals surface area contributed by atoms with E-state index in [0.717, 1.165) is 58.2 Å². The number of rotatable bonds is 10. The second-order valence-corrected chi connectivity index (χ2v) is 17.5. The molecule has 1 aromatic heterocycles. The van der Waals surface area contributed by atoms with Gasteiger partial charge in [0.25, 0.3) is 5.91 Å². The molecule has 0 bridgehead atoms. The van der Waals surface area contributed by atoms with Gasteiger partial charge in [-0.2, -0.15) is 5.10 Å². The van der Waals surface area contributed by atoms with Crippen molar-refractivity contribution in [2.24, 2.45) is 0 Å². The first kappa shape index (κ1) is 27.8. The van der Waals surface area contributed by atoms with Gasteiger partial charge in [0.2, 0.25) is 0 Å². The van der Waals surface area contributed by atoms with E-state index in [4.69, 9.17) is 9.84 Å². The van der Waals surface area contributed by atoms with Crippen LogP contribution in [0.1, 0.15) is 27.9 Å². The molecule has 0 saturated heterocycles. The van der Waals surface area contributed by atoms with Crippen LogP contribution in [-0.4, -0.2) is 49.4 Å². The van der Waals surface area contributed by atoms with E-state index in [-0.39, 0.29) is 5.91 Å². The summed E-state index contributed by atoms with van der Waals surface area (Å²) < 4.78 is 8.02. The molecule has 0 fully saturated rings. The van der Waals surface area contributed by atoms with Gasteiger partial charge in [0.1, 0.15) is 6.73 Å². The molecule has 2 heterocycles. The first-order valence-corrected chi connectivity index (χ1v) is 17.5. The molecule has 3 aromatic carbocycles. The Morgan fingerprint density at radius 1 is 0.975 bits per heavy atom. The first-order chi connectivity index (χ1) is 19.2. The molecule has 206 valence electrons. The van der Waals surface area contributed by atoms with Gasteiger partial charge in [0.05, 0.1) is 11.2 Å². The fraction of sp³-hybridized carbons (Fsp3) is 0.273. The van der Waals surface area contributed by atoms with E-state index in [1.54, 1.807) is 0 Å². The van der Waals surface area contributed by atoms with Crippen LogP contribution in [0.2, 0.25) is 25.7 Å². The molecule has 1 N–H and O–H groups in total. The van der Waals surface area contributed by atoms with E-state index < -0.39 is 8.07 Å². The number of aromatic nitrogens is 2. The van der Waals surface area contributed by atoms with Gasteiger partial charge in [0, 0.05) is 43.4 Å². The molecule has 0 saturated carbocycles. The van der Waals surface area contributed by atoms with Gasteiger partial charge in [0.15, 0.2) is 0 Å². The lowest BCUT2D eigenvalue weighted by molar-refractivity contribution is -0.110. The maximum atomic E-state index is 12.7. The lowest BCUT2D eigenvalue weighted by Gasteiger charge is -2.15. The van der Waals surface area contributed by atoms with Crippen molar-refractivity contribution in [1.82, 2.24) is 14.7 Å². The quantitative estimate of drug-likeness (QED) is 0.130. The van der Waals surface area contributed by atoms with Crippen LogP contribution in [0.3, 0.4) is 0 Å². The van der Waals surface area contributed by atoms with Crippen molar-refractivity contribution in [3.05, 3.63) is 94.7 Å². The molecular formula is C33H38N4O2Si. The molecular weight excluding hydrogens is 512 g/mol. The molecule has 7 heteroatoms. The zero-order valence-corrected chi connectivity index (χ0v) is 25.1. The smallest absolute Gasteiger partial charge is 0.256 e. The summed E-state index contributed by atoms with van der Waals surface area (Å²) in [5, 5.41) is 8.94. The number of para-hydroxylation sites is 1. The number of carbonyl (C=O) groups excluding carboxylic acids is 1. The van der Waals surface area contributed by atoms with Crippen LogP contribution in [-0.2, 0) is 22.8 Å². The van der Waals surface area contributed by atoms with Gasteiger partial charge in [-0.25, -0.2) is 4.68 Å². The Hall–Kier alpha value is -3.78. The van der Waals surface area contributed by atoms with Crippen LogP contribution in [0.15, 0.2) is 66.7 Å². The van der Waals surface area contributed by atoms with E-state index in [2.05, 4.69) is 98.6 Å². The molecule has 0 unspecified atom stereocenters. The normalized spacial score (nSPS) is 14.6. The second kappa shape index (κ2) is 11.8. The zero-order valence-electron chi connectivity index (χ0n) is 24.1. The number of anilines is 1. The third-order valence-corrected chi connectivity index (χ3v) is 8.65.